The Morgan fingerprint density at radius 3 is 2.48 bits per heavy atom. The first-order chi connectivity index (χ1) is 13.0. The van der Waals surface area contributed by atoms with Crippen molar-refractivity contribution in [2.24, 2.45) is 16.6 Å². The lowest BCUT2D eigenvalue weighted by Crippen LogP contribution is -2.38. The topological polar surface area (TPSA) is 140 Å². The third kappa shape index (κ3) is 10.6. The Morgan fingerprint density at radius 2 is 1.93 bits per heavy atom. The first kappa shape index (κ1) is 27.4. The average Bonchev–Trinajstić information content (AvgIpc) is 2.57. The van der Waals surface area contributed by atoms with E-state index in [2.05, 4.69) is 29.5 Å². The summed E-state index contributed by atoms with van der Waals surface area (Å²) >= 11 is 0. The van der Waals surface area contributed by atoms with E-state index in [1.807, 2.05) is 6.92 Å². The first-order valence-corrected chi connectivity index (χ1v) is 11.2. The maximum atomic E-state index is 11.6. The predicted molar refractivity (Wildman–Crippen MR) is 128 cm³/mol. The highest BCUT2D eigenvalue weighted by atomic mass is 127. The highest BCUT2D eigenvalue weighted by molar-refractivity contribution is 14.0. The van der Waals surface area contributed by atoms with Gasteiger partial charge in [-0.05, 0) is 31.4 Å². The van der Waals surface area contributed by atoms with E-state index in [9.17, 15) is 18.5 Å². The van der Waals surface area contributed by atoms with Gasteiger partial charge in [0, 0.05) is 24.9 Å². The number of hydrogen-bond donors (Lipinski definition) is 3. The summed E-state index contributed by atoms with van der Waals surface area (Å²) < 4.78 is 23.1. The molecular weight excluding hydrogens is 509 g/mol. The Kier molecular flexibility index (Phi) is 12.1. The summed E-state index contributed by atoms with van der Waals surface area (Å²) in [6.07, 6.45) is 4.30. The lowest BCUT2D eigenvalue weighted by molar-refractivity contribution is -0.384. The molecule has 0 amide bonds. The van der Waals surface area contributed by atoms with E-state index < -0.39 is 14.8 Å². The van der Waals surface area contributed by atoms with E-state index >= 15 is 0 Å². The minimum absolute atomic E-state index is 0. The monoisotopic (exact) mass is 541 g/mol. The molecule has 1 unspecified atom stereocenters. The second-order valence-corrected chi connectivity index (χ2v) is 9.29. The van der Waals surface area contributed by atoms with Gasteiger partial charge in [0.15, 0.2) is 15.8 Å². The van der Waals surface area contributed by atoms with E-state index in [4.69, 9.17) is 5.73 Å². The van der Waals surface area contributed by atoms with Gasteiger partial charge in [-0.1, -0.05) is 26.7 Å². The number of nitro groups is 1. The molecule has 1 aromatic rings. The number of sulfone groups is 1. The molecule has 0 aliphatic heterocycles. The number of nitro benzene ring substituents is 1. The largest absolute Gasteiger partial charge is 0.378 e. The van der Waals surface area contributed by atoms with Crippen molar-refractivity contribution in [2.45, 2.75) is 51.0 Å². The molecule has 9 nitrogen and oxygen atoms in total. The predicted octanol–water partition coefficient (Wildman–Crippen LogP) is 3.15. The van der Waals surface area contributed by atoms with Crippen LogP contribution in [0.1, 0.15) is 40.0 Å². The molecule has 0 fully saturated rings. The van der Waals surface area contributed by atoms with E-state index in [0.717, 1.165) is 25.2 Å². The van der Waals surface area contributed by atoms with Crippen molar-refractivity contribution < 1.29 is 13.3 Å². The SMILES string of the molecule is CC(C)CCCC(C)NC(N)=NCCNc1ccc(S(C)(=O)=O)cc1[N+](=O)[O-].I. The number of anilines is 1. The number of guanidine groups is 1. The molecule has 29 heavy (non-hydrogen) atoms. The van der Waals surface area contributed by atoms with Gasteiger partial charge in [-0.3, -0.25) is 15.1 Å². The van der Waals surface area contributed by atoms with Crippen molar-refractivity contribution in [3.8, 4) is 0 Å². The molecular formula is C18H32IN5O4S. The number of hydrogen-bond acceptors (Lipinski definition) is 6. The van der Waals surface area contributed by atoms with Gasteiger partial charge in [0.1, 0.15) is 5.69 Å². The van der Waals surface area contributed by atoms with Crippen LogP contribution in [0.2, 0.25) is 0 Å². The Morgan fingerprint density at radius 1 is 1.28 bits per heavy atom. The molecule has 0 saturated carbocycles. The summed E-state index contributed by atoms with van der Waals surface area (Å²) in [6.45, 7) is 7.08. The second kappa shape index (κ2) is 12.8. The van der Waals surface area contributed by atoms with Crippen LogP contribution in [0.3, 0.4) is 0 Å². The summed E-state index contributed by atoms with van der Waals surface area (Å²) in [5, 5.41) is 17.2. The van der Waals surface area contributed by atoms with Crippen molar-refractivity contribution in [2.75, 3.05) is 24.7 Å². The van der Waals surface area contributed by atoms with Gasteiger partial charge in [-0.25, -0.2) is 8.42 Å². The van der Waals surface area contributed by atoms with Crippen LogP contribution in [-0.4, -0.2) is 44.7 Å². The van der Waals surface area contributed by atoms with Crippen molar-refractivity contribution in [3.05, 3.63) is 28.3 Å². The summed E-state index contributed by atoms with van der Waals surface area (Å²) in [5.74, 6) is 1.01. The number of halogens is 1. The first-order valence-electron chi connectivity index (χ1n) is 9.29. The zero-order chi connectivity index (χ0) is 21.3. The maximum absolute atomic E-state index is 11.6. The third-order valence-corrected chi connectivity index (χ3v) is 5.23. The second-order valence-electron chi connectivity index (χ2n) is 7.27. The number of nitrogens with two attached hydrogens (primary N) is 1. The molecule has 166 valence electrons. The number of nitrogens with one attached hydrogen (secondary N) is 2. The Hall–Kier alpha value is -1.63. The molecule has 0 saturated heterocycles. The molecule has 0 radical (unpaired) electrons. The van der Waals surface area contributed by atoms with Crippen LogP contribution in [0.25, 0.3) is 0 Å². The van der Waals surface area contributed by atoms with Crippen LogP contribution in [0, 0.1) is 16.0 Å². The summed E-state index contributed by atoms with van der Waals surface area (Å²) in [6, 6.07) is 4.00. The Balaban J connectivity index is 0.00000784. The zero-order valence-electron chi connectivity index (χ0n) is 17.3. The number of benzene rings is 1. The van der Waals surface area contributed by atoms with Crippen molar-refractivity contribution in [1.82, 2.24) is 5.32 Å². The smallest absolute Gasteiger partial charge is 0.293 e. The molecule has 1 atom stereocenters. The fraction of sp³-hybridized carbons (Fsp3) is 0.611. The quantitative estimate of drug-likeness (QED) is 0.0977. The third-order valence-electron chi connectivity index (χ3n) is 4.12. The van der Waals surface area contributed by atoms with E-state index in [0.29, 0.717) is 25.0 Å². The van der Waals surface area contributed by atoms with Crippen LogP contribution in [0.5, 0.6) is 0 Å². The van der Waals surface area contributed by atoms with Gasteiger partial charge >= 0.3 is 0 Å². The molecule has 0 bridgehead atoms. The molecule has 0 heterocycles. The number of rotatable bonds is 11. The standard InChI is InChI=1S/C18H31N5O4S.HI/c1-13(2)6-5-7-14(3)22-18(19)21-11-10-20-16-9-8-15(28(4,26)27)12-17(16)23(24)25;/h8-9,12-14,20H,5-7,10-11H2,1-4H3,(H3,19,21,22);1H. The Bertz CT molecular complexity index is 799. The zero-order valence-corrected chi connectivity index (χ0v) is 20.5. The molecule has 0 aliphatic rings. The lowest BCUT2D eigenvalue weighted by atomic mass is 10.0. The van der Waals surface area contributed by atoms with Crippen LogP contribution >= 0.6 is 24.0 Å². The van der Waals surface area contributed by atoms with E-state index in [-0.39, 0.29) is 46.3 Å². The van der Waals surface area contributed by atoms with Gasteiger partial charge in [0.05, 0.1) is 16.4 Å². The minimum Gasteiger partial charge on any atom is -0.378 e. The average molecular weight is 541 g/mol. The highest BCUT2D eigenvalue weighted by Crippen LogP contribution is 2.27. The molecule has 0 spiro atoms. The van der Waals surface area contributed by atoms with Gasteiger partial charge in [-0.15, -0.1) is 24.0 Å². The molecule has 0 aliphatic carbocycles. The van der Waals surface area contributed by atoms with Gasteiger partial charge < -0.3 is 16.4 Å². The molecule has 1 aromatic carbocycles. The van der Waals surface area contributed by atoms with Crippen molar-refractivity contribution >= 4 is 51.1 Å². The maximum Gasteiger partial charge on any atom is 0.293 e. The molecule has 1 rings (SSSR count). The van der Waals surface area contributed by atoms with Gasteiger partial charge in [0.2, 0.25) is 0 Å². The summed E-state index contributed by atoms with van der Waals surface area (Å²) in [4.78, 5) is 14.7. The van der Waals surface area contributed by atoms with E-state index in [1.165, 1.54) is 18.6 Å². The molecule has 4 N–H and O–H groups in total. The number of nitrogens with zero attached hydrogens (tertiary/aromatic N) is 2. The van der Waals surface area contributed by atoms with Crippen molar-refractivity contribution in [1.29, 1.82) is 0 Å². The normalized spacial score (nSPS) is 12.9. The lowest BCUT2D eigenvalue weighted by Gasteiger charge is -2.15. The van der Waals surface area contributed by atoms with Gasteiger partial charge in [0.25, 0.3) is 5.69 Å². The minimum atomic E-state index is -3.51. The van der Waals surface area contributed by atoms with Crippen molar-refractivity contribution in [3.63, 3.8) is 0 Å². The fourth-order valence-electron chi connectivity index (χ4n) is 2.61. The van der Waals surface area contributed by atoms with Crippen LogP contribution in [0.4, 0.5) is 11.4 Å². The fourth-order valence-corrected chi connectivity index (χ4v) is 3.25. The van der Waals surface area contributed by atoms with Crippen LogP contribution < -0.4 is 16.4 Å². The van der Waals surface area contributed by atoms with E-state index in [1.54, 1.807) is 0 Å². The molecule has 11 heteroatoms. The van der Waals surface area contributed by atoms with Gasteiger partial charge in [-0.2, -0.15) is 0 Å². The van der Waals surface area contributed by atoms with Crippen LogP contribution in [-0.2, 0) is 9.84 Å². The summed E-state index contributed by atoms with van der Waals surface area (Å²) in [7, 11) is -3.51. The van der Waals surface area contributed by atoms with Crippen LogP contribution in [0.15, 0.2) is 28.1 Å². The summed E-state index contributed by atoms with van der Waals surface area (Å²) in [5.41, 5.74) is 5.81. The number of aliphatic imine (C=N–C) groups is 1. The Labute approximate surface area is 190 Å². The molecule has 0 aromatic heterocycles. The highest BCUT2D eigenvalue weighted by Gasteiger charge is 2.18.